The first-order chi connectivity index (χ1) is 8.75. The summed E-state index contributed by atoms with van der Waals surface area (Å²) in [5.74, 6) is 0.654. The fourth-order valence-corrected chi connectivity index (χ4v) is 2.96. The Morgan fingerprint density at radius 2 is 2.11 bits per heavy atom. The van der Waals surface area contributed by atoms with Crippen molar-refractivity contribution in [1.82, 2.24) is 4.98 Å². The van der Waals surface area contributed by atoms with Gasteiger partial charge in [-0.3, -0.25) is 15.1 Å². The average molecular weight is 248 g/mol. The van der Waals surface area contributed by atoms with E-state index in [4.69, 9.17) is 0 Å². The summed E-state index contributed by atoms with van der Waals surface area (Å²) >= 11 is 0. The smallest absolute Gasteiger partial charge is 0.207 e. The lowest BCUT2D eigenvalue weighted by Crippen LogP contribution is -2.27. The van der Waals surface area contributed by atoms with Crippen LogP contribution in [0.1, 0.15) is 37.8 Å². The molecule has 18 heavy (non-hydrogen) atoms. The lowest BCUT2D eigenvalue weighted by atomic mass is 9.78. The molecule has 1 heterocycles. The Bertz CT molecular complexity index is 375. The van der Waals surface area contributed by atoms with E-state index in [0.29, 0.717) is 5.92 Å². The summed E-state index contributed by atoms with van der Waals surface area (Å²) in [5.41, 5.74) is 0.981. The number of nitrogens with zero attached hydrogens (tertiary/aromatic N) is 2. The van der Waals surface area contributed by atoms with Gasteiger partial charge in [0.1, 0.15) is 0 Å². The minimum atomic E-state index is -0.164. The van der Waals surface area contributed by atoms with E-state index in [9.17, 15) is 10.1 Å². The summed E-state index contributed by atoms with van der Waals surface area (Å²) in [7, 11) is 0. The van der Waals surface area contributed by atoms with Crippen LogP contribution in [0.4, 0.5) is 0 Å². The lowest BCUT2D eigenvalue weighted by Gasteiger charge is -2.27. The molecule has 1 aromatic heterocycles. The molecule has 0 spiro atoms. The number of hydrogen-bond acceptors (Lipinski definition) is 3. The van der Waals surface area contributed by atoms with Gasteiger partial charge in [-0.05, 0) is 37.3 Å². The molecule has 0 N–H and O–H groups in total. The summed E-state index contributed by atoms with van der Waals surface area (Å²) in [6.45, 7) is 0.0846. The molecule has 0 radical (unpaired) electrons. The molecular weight excluding hydrogens is 228 g/mol. The van der Waals surface area contributed by atoms with E-state index in [0.717, 1.165) is 25.0 Å². The molecule has 4 heteroatoms. The van der Waals surface area contributed by atoms with E-state index in [1.165, 1.54) is 19.3 Å². The van der Waals surface area contributed by atoms with Gasteiger partial charge in [0.15, 0.2) is 0 Å². The van der Waals surface area contributed by atoms with Crippen LogP contribution >= 0.6 is 0 Å². The van der Waals surface area contributed by atoms with Crippen LogP contribution in [0.25, 0.3) is 0 Å². The molecule has 2 rings (SSSR count). The zero-order chi connectivity index (χ0) is 12.8. The number of rotatable bonds is 5. The Morgan fingerprint density at radius 1 is 1.33 bits per heavy atom. The van der Waals surface area contributed by atoms with Gasteiger partial charge < -0.3 is 0 Å². The summed E-state index contributed by atoms with van der Waals surface area (Å²) in [4.78, 5) is 15.0. The van der Waals surface area contributed by atoms with Crippen molar-refractivity contribution in [1.29, 1.82) is 0 Å². The van der Waals surface area contributed by atoms with Crippen LogP contribution in [0.5, 0.6) is 0 Å². The largest absolute Gasteiger partial charge is 0.265 e. The maximum atomic E-state index is 10.8. The molecule has 1 aliphatic rings. The Kier molecular flexibility index (Phi) is 4.67. The zero-order valence-electron chi connectivity index (χ0n) is 10.6. The van der Waals surface area contributed by atoms with Gasteiger partial charge in [-0.25, -0.2) is 0 Å². The number of aromatic nitrogens is 1. The molecule has 4 nitrogen and oxygen atoms in total. The Balaban J connectivity index is 2.02. The number of pyridine rings is 1. The summed E-state index contributed by atoms with van der Waals surface area (Å²) in [6.07, 6.45) is 8.52. The summed E-state index contributed by atoms with van der Waals surface area (Å²) in [5, 5.41) is 10.8. The molecule has 1 aliphatic carbocycles. The molecule has 1 atom stereocenters. The molecule has 0 aromatic carbocycles. The van der Waals surface area contributed by atoms with Crippen molar-refractivity contribution >= 4 is 0 Å². The van der Waals surface area contributed by atoms with Gasteiger partial charge in [-0.15, -0.1) is 0 Å². The van der Waals surface area contributed by atoms with E-state index in [1.807, 2.05) is 18.2 Å². The zero-order valence-corrected chi connectivity index (χ0v) is 10.6. The molecule has 0 aliphatic heterocycles. The van der Waals surface area contributed by atoms with Crippen molar-refractivity contribution < 1.29 is 4.92 Å². The van der Waals surface area contributed by atoms with Crippen LogP contribution in [0.15, 0.2) is 24.4 Å². The number of hydrogen-bond donors (Lipinski definition) is 0. The van der Waals surface area contributed by atoms with Crippen molar-refractivity contribution in [3.63, 3.8) is 0 Å². The summed E-state index contributed by atoms with van der Waals surface area (Å²) in [6, 6.07) is 5.80. The second kappa shape index (κ2) is 6.47. The van der Waals surface area contributed by atoms with E-state index < -0.39 is 0 Å². The average Bonchev–Trinajstić information content (AvgIpc) is 2.40. The third-order valence-electron chi connectivity index (χ3n) is 3.90. The molecule has 1 aromatic rings. The molecule has 0 saturated heterocycles. The Labute approximate surface area is 108 Å². The van der Waals surface area contributed by atoms with Crippen LogP contribution in [-0.4, -0.2) is 16.5 Å². The van der Waals surface area contributed by atoms with E-state index >= 15 is 0 Å². The van der Waals surface area contributed by atoms with Crippen molar-refractivity contribution in [2.45, 2.75) is 38.5 Å². The highest BCUT2D eigenvalue weighted by molar-refractivity contribution is 5.04. The lowest BCUT2D eigenvalue weighted by molar-refractivity contribution is -0.490. The van der Waals surface area contributed by atoms with Crippen LogP contribution in [0.2, 0.25) is 0 Å². The van der Waals surface area contributed by atoms with Gasteiger partial charge in [-0.2, -0.15) is 0 Å². The van der Waals surface area contributed by atoms with Crippen LogP contribution in [0, 0.1) is 22.0 Å². The molecule has 0 unspecified atom stereocenters. The van der Waals surface area contributed by atoms with Crippen LogP contribution < -0.4 is 0 Å². The maximum absolute atomic E-state index is 10.8. The van der Waals surface area contributed by atoms with Gasteiger partial charge >= 0.3 is 0 Å². The molecule has 1 fully saturated rings. The monoisotopic (exact) mass is 248 g/mol. The molecule has 0 amide bonds. The standard InChI is InChI=1S/C14H20N2O2/c17-16(18)11-13(12-6-2-1-3-7-12)10-14-8-4-5-9-15-14/h4-5,8-9,12-13H,1-3,6-7,10-11H2/t13-/m1/s1. The number of nitro groups is 1. The maximum Gasteiger partial charge on any atom is 0.207 e. The fraction of sp³-hybridized carbons (Fsp3) is 0.643. The molecule has 0 bridgehead atoms. The Morgan fingerprint density at radius 3 is 2.72 bits per heavy atom. The predicted molar refractivity (Wildman–Crippen MR) is 69.9 cm³/mol. The molecule has 1 saturated carbocycles. The van der Waals surface area contributed by atoms with Gasteiger partial charge in [0, 0.05) is 22.7 Å². The highest BCUT2D eigenvalue weighted by Gasteiger charge is 2.28. The highest BCUT2D eigenvalue weighted by atomic mass is 16.6. The second-order valence-electron chi connectivity index (χ2n) is 5.20. The normalized spacial score (nSPS) is 18.4. The van der Waals surface area contributed by atoms with Crippen molar-refractivity contribution in [2.24, 2.45) is 11.8 Å². The van der Waals surface area contributed by atoms with Gasteiger partial charge in [0.2, 0.25) is 6.54 Å². The van der Waals surface area contributed by atoms with Gasteiger partial charge in [-0.1, -0.05) is 25.3 Å². The van der Waals surface area contributed by atoms with Crippen molar-refractivity contribution in [3.8, 4) is 0 Å². The van der Waals surface area contributed by atoms with Crippen molar-refractivity contribution in [2.75, 3.05) is 6.54 Å². The first-order valence-electron chi connectivity index (χ1n) is 6.77. The minimum Gasteiger partial charge on any atom is -0.265 e. The minimum absolute atomic E-state index is 0.0846. The van der Waals surface area contributed by atoms with Gasteiger partial charge in [0.05, 0.1) is 0 Å². The predicted octanol–water partition coefficient (Wildman–Crippen LogP) is 3.10. The second-order valence-corrected chi connectivity index (χ2v) is 5.20. The van der Waals surface area contributed by atoms with Crippen LogP contribution in [0.3, 0.4) is 0 Å². The topological polar surface area (TPSA) is 56.0 Å². The third kappa shape index (κ3) is 3.79. The first kappa shape index (κ1) is 13.0. The summed E-state index contributed by atoms with van der Waals surface area (Å²) < 4.78 is 0. The fourth-order valence-electron chi connectivity index (χ4n) is 2.96. The van der Waals surface area contributed by atoms with Crippen molar-refractivity contribution in [3.05, 3.63) is 40.2 Å². The van der Waals surface area contributed by atoms with Crippen LogP contribution in [-0.2, 0) is 6.42 Å². The molecular formula is C14H20N2O2. The molecule has 98 valence electrons. The first-order valence-corrected chi connectivity index (χ1v) is 6.77. The quantitative estimate of drug-likeness (QED) is 0.594. The van der Waals surface area contributed by atoms with E-state index in [-0.39, 0.29) is 17.4 Å². The van der Waals surface area contributed by atoms with Gasteiger partial charge in [0.25, 0.3) is 0 Å². The van der Waals surface area contributed by atoms with E-state index in [2.05, 4.69) is 4.98 Å². The Hall–Kier alpha value is -1.45. The highest BCUT2D eigenvalue weighted by Crippen LogP contribution is 2.31. The SMILES string of the molecule is O=[N+]([O-])C[C@@H](Cc1ccccn1)C1CCCCC1. The van der Waals surface area contributed by atoms with E-state index in [1.54, 1.807) is 6.20 Å². The third-order valence-corrected chi connectivity index (χ3v) is 3.90.